The molecule has 0 bridgehead atoms. The molecule has 1 saturated heterocycles. The SMILES string of the molecule is CCNc1ccc(C(=O)NC2CCOC2C)cc1C. The minimum Gasteiger partial charge on any atom is -0.385 e. The zero-order chi connectivity index (χ0) is 13.8. The van der Waals surface area contributed by atoms with Crippen molar-refractivity contribution in [3.05, 3.63) is 29.3 Å². The Morgan fingerprint density at radius 1 is 1.47 bits per heavy atom. The second kappa shape index (κ2) is 6.06. The summed E-state index contributed by atoms with van der Waals surface area (Å²) in [6.07, 6.45) is 0.993. The fourth-order valence-electron chi connectivity index (χ4n) is 2.37. The Kier molecular flexibility index (Phi) is 4.43. The molecule has 1 aliphatic heterocycles. The van der Waals surface area contributed by atoms with Gasteiger partial charge in [-0.2, -0.15) is 0 Å². The summed E-state index contributed by atoms with van der Waals surface area (Å²) in [5, 5.41) is 6.31. The molecule has 2 unspecified atom stereocenters. The van der Waals surface area contributed by atoms with Gasteiger partial charge in [0.25, 0.3) is 5.91 Å². The quantitative estimate of drug-likeness (QED) is 0.875. The van der Waals surface area contributed by atoms with Crippen LogP contribution >= 0.6 is 0 Å². The molecule has 0 aliphatic carbocycles. The predicted molar refractivity (Wildman–Crippen MR) is 76.6 cm³/mol. The van der Waals surface area contributed by atoms with Crippen molar-refractivity contribution in [3.8, 4) is 0 Å². The number of hydrogen-bond donors (Lipinski definition) is 2. The van der Waals surface area contributed by atoms with Gasteiger partial charge < -0.3 is 15.4 Å². The smallest absolute Gasteiger partial charge is 0.251 e. The Labute approximate surface area is 114 Å². The third-order valence-corrected chi connectivity index (χ3v) is 3.55. The molecule has 2 N–H and O–H groups in total. The number of nitrogens with one attached hydrogen (secondary N) is 2. The highest BCUT2D eigenvalue weighted by Crippen LogP contribution is 2.18. The lowest BCUT2D eigenvalue weighted by molar-refractivity contribution is 0.0866. The molecule has 4 nitrogen and oxygen atoms in total. The summed E-state index contributed by atoms with van der Waals surface area (Å²) in [6.45, 7) is 7.67. The van der Waals surface area contributed by atoms with Gasteiger partial charge >= 0.3 is 0 Å². The van der Waals surface area contributed by atoms with Gasteiger partial charge in [-0.25, -0.2) is 0 Å². The molecule has 1 aliphatic rings. The molecule has 1 fully saturated rings. The molecular weight excluding hydrogens is 240 g/mol. The van der Waals surface area contributed by atoms with Crippen molar-refractivity contribution in [1.29, 1.82) is 0 Å². The molecule has 2 rings (SSSR count). The van der Waals surface area contributed by atoms with E-state index in [0.717, 1.165) is 30.8 Å². The molecule has 1 aromatic carbocycles. The third kappa shape index (κ3) is 3.26. The molecule has 19 heavy (non-hydrogen) atoms. The fourth-order valence-corrected chi connectivity index (χ4v) is 2.37. The van der Waals surface area contributed by atoms with E-state index in [1.54, 1.807) is 0 Å². The maximum atomic E-state index is 12.2. The molecule has 1 amide bonds. The van der Waals surface area contributed by atoms with Gasteiger partial charge in [-0.15, -0.1) is 0 Å². The lowest BCUT2D eigenvalue weighted by Gasteiger charge is -2.16. The van der Waals surface area contributed by atoms with E-state index in [0.29, 0.717) is 5.56 Å². The predicted octanol–water partition coefficient (Wildman–Crippen LogP) is 2.33. The van der Waals surface area contributed by atoms with E-state index < -0.39 is 0 Å². The van der Waals surface area contributed by atoms with Gasteiger partial charge in [0.05, 0.1) is 12.1 Å². The highest BCUT2D eigenvalue weighted by Gasteiger charge is 2.25. The number of anilines is 1. The summed E-state index contributed by atoms with van der Waals surface area (Å²) in [7, 11) is 0. The van der Waals surface area contributed by atoms with Crippen LogP contribution in [0.3, 0.4) is 0 Å². The summed E-state index contributed by atoms with van der Waals surface area (Å²) >= 11 is 0. The van der Waals surface area contributed by atoms with E-state index in [1.807, 2.05) is 32.0 Å². The molecule has 0 saturated carbocycles. The monoisotopic (exact) mass is 262 g/mol. The van der Waals surface area contributed by atoms with Crippen molar-refractivity contribution in [3.63, 3.8) is 0 Å². The minimum atomic E-state index is -0.0199. The van der Waals surface area contributed by atoms with Crippen molar-refractivity contribution in [1.82, 2.24) is 5.32 Å². The highest BCUT2D eigenvalue weighted by atomic mass is 16.5. The Hall–Kier alpha value is -1.55. The molecule has 0 radical (unpaired) electrons. The molecule has 1 aromatic rings. The number of amides is 1. The van der Waals surface area contributed by atoms with Crippen LogP contribution in [-0.2, 0) is 4.74 Å². The molecule has 4 heteroatoms. The molecule has 0 aromatic heterocycles. The first-order chi connectivity index (χ1) is 9.11. The van der Waals surface area contributed by atoms with Gasteiger partial charge in [0.2, 0.25) is 0 Å². The van der Waals surface area contributed by atoms with Crippen LogP contribution in [0, 0.1) is 6.92 Å². The van der Waals surface area contributed by atoms with Crippen LogP contribution in [0.5, 0.6) is 0 Å². The zero-order valence-electron chi connectivity index (χ0n) is 11.8. The second-order valence-corrected chi connectivity index (χ2v) is 5.00. The molecule has 104 valence electrons. The summed E-state index contributed by atoms with van der Waals surface area (Å²) in [4.78, 5) is 12.2. The maximum Gasteiger partial charge on any atom is 0.251 e. The van der Waals surface area contributed by atoms with E-state index in [9.17, 15) is 4.79 Å². The first-order valence-electron chi connectivity index (χ1n) is 6.88. The van der Waals surface area contributed by atoms with Gasteiger partial charge in [0.1, 0.15) is 0 Å². The molecular formula is C15H22N2O2. The first kappa shape index (κ1) is 13.9. The van der Waals surface area contributed by atoms with Crippen molar-refractivity contribution >= 4 is 11.6 Å². The largest absolute Gasteiger partial charge is 0.385 e. The Morgan fingerprint density at radius 3 is 2.84 bits per heavy atom. The third-order valence-electron chi connectivity index (χ3n) is 3.55. The molecule has 0 spiro atoms. The van der Waals surface area contributed by atoms with Crippen LogP contribution in [0.2, 0.25) is 0 Å². The van der Waals surface area contributed by atoms with E-state index in [-0.39, 0.29) is 18.1 Å². The Morgan fingerprint density at radius 2 is 2.26 bits per heavy atom. The summed E-state index contributed by atoms with van der Waals surface area (Å²) in [5.74, 6) is -0.0199. The number of carbonyl (C=O) groups is 1. The summed E-state index contributed by atoms with van der Waals surface area (Å²) in [5.41, 5.74) is 2.88. The standard InChI is InChI=1S/C15H22N2O2/c1-4-16-13-6-5-12(9-10(13)2)15(18)17-14-7-8-19-11(14)3/h5-6,9,11,14,16H,4,7-8H2,1-3H3,(H,17,18). The van der Waals surface area contributed by atoms with Gasteiger partial charge in [0.15, 0.2) is 0 Å². The average molecular weight is 262 g/mol. The van der Waals surface area contributed by atoms with Gasteiger partial charge in [-0.1, -0.05) is 0 Å². The van der Waals surface area contributed by atoms with E-state index in [4.69, 9.17) is 4.74 Å². The Balaban J connectivity index is 2.04. The van der Waals surface area contributed by atoms with Crippen molar-refractivity contribution in [2.75, 3.05) is 18.5 Å². The van der Waals surface area contributed by atoms with Crippen LogP contribution in [0.25, 0.3) is 0 Å². The number of rotatable bonds is 4. The zero-order valence-corrected chi connectivity index (χ0v) is 11.8. The highest BCUT2D eigenvalue weighted by molar-refractivity contribution is 5.95. The molecule has 2 atom stereocenters. The Bertz CT molecular complexity index is 459. The summed E-state index contributed by atoms with van der Waals surface area (Å²) in [6, 6.07) is 5.87. The number of ether oxygens (including phenoxy) is 1. The van der Waals surface area contributed by atoms with Gasteiger partial charge in [-0.3, -0.25) is 4.79 Å². The van der Waals surface area contributed by atoms with Crippen molar-refractivity contribution in [2.45, 2.75) is 39.3 Å². The lowest BCUT2D eigenvalue weighted by atomic mass is 10.1. The fraction of sp³-hybridized carbons (Fsp3) is 0.533. The van der Waals surface area contributed by atoms with Crippen molar-refractivity contribution < 1.29 is 9.53 Å². The number of aryl methyl sites for hydroxylation is 1. The second-order valence-electron chi connectivity index (χ2n) is 5.00. The van der Waals surface area contributed by atoms with Crippen LogP contribution in [-0.4, -0.2) is 31.2 Å². The van der Waals surface area contributed by atoms with E-state index >= 15 is 0 Å². The van der Waals surface area contributed by atoms with E-state index in [1.165, 1.54) is 0 Å². The van der Waals surface area contributed by atoms with Crippen molar-refractivity contribution in [2.24, 2.45) is 0 Å². The number of carbonyl (C=O) groups excluding carboxylic acids is 1. The molecule has 1 heterocycles. The minimum absolute atomic E-state index is 0.0199. The first-order valence-corrected chi connectivity index (χ1v) is 6.88. The van der Waals surface area contributed by atoms with Gasteiger partial charge in [-0.05, 0) is 51.0 Å². The number of hydrogen-bond acceptors (Lipinski definition) is 3. The van der Waals surface area contributed by atoms with Crippen LogP contribution in [0.15, 0.2) is 18.2 Å². The number of benzene rings is 1. The van der Waals surface area contributed by atoms with Crippen LogP contribution in [0.4, 0.5) is 5.69 Å². The topological polar surface area (TPSA) is 50.4 Å². The normalized spacial score (nSPS) is 22.3. The van der Waals surface area contributed by atoms with Crippen LogP contribution < -0.4 is 10.6 Å². The average Bonchev–Trinajstić information content (AvgIpc) is 2.78. The lowest BCUT2D eigenvalue weighted by Crippen LogP contribution is -2.39. The van der Waals surface area contributed by atoms with Crippen LogP contribution in [0.1, 0.15) is 36.2 Å². The maximum absolute atomic E-state index is 12.2. The van der Waals surface area contributed by atoms with Gasteiger partial charge in [0, 0.05) is 24.4 Å². The van der Waals surface area contributed by atoms with E-state index in [2.05, 4.69) is 17.6 Å². The summed E-state index contributed by atoms with van der Waals surface area (Å²) < 4.78 is 5.45.